The monoisotopic (exact) mass is 521 g/mol. The summed E-state index contributed by atoms with van der Waals surface area (Å²) >= 11 is 6.46. The number of rotatable bonds is 6. The number of ether oxygens (including phenoxy) is 1. The Morgan fingerprint density at radius 3 is 2.39 bits per heavy atom. The van der Waals surface area contributed by atoms with Crippen molar-refractivity contribution in [2.45, 2.75) is 26.1 Å². The van der Waals surface area contributed by atoms with E-state index in [1.165, 1.54) is 0 Å². The number of benzene rings is 4. The Bertz CT molecular complexity index is 1710. The van der Waals surface area contributed by atoms with Crippen LogP contribution in [0.15, 0.2) is 106 Å². The van der Waals surface area contributed by atoms with E-state index in [9.17, 15) is 9.59 Å². The number of fused-ring (bicyclic) bond motifs is 2. The van der Waals surface area contributed by atoms with Gasteiger partial charge in [-0.05, 0) is 53.9 Å². The predicted octanol–water partition coefficient (Wildman–Crippen LogP) is 7.08. The Hall–Kier alpha value is -4.35. The zero-order valence-corrected chi connectivity index (χ0v) is 21.4. The Balaban J connectivity index is 1.42. The van der Waals surface area contributed by atoms with E-state index in [4.69, 9.17) is 20.8 Å². The highest BCUT2D eigenvalue weighted by atomic mass is 35.5. The molecule has 0 aliphatic carbocycles. The van der Waals surface area contributed by atoms with E-state index in [1.54, 1.807) is 23.1 Å². The van der Waals surface area contributed by atoms with Crippen LogP contribution < -0.4 is 10.2 Å². The van der Waals surface area contributed by atoms with Crippen molar-refractivity contribution < 1.29 is 13.9 Å². The summed E-state index contributed by atoms with van der Waals surface area (Å²) in [6.45, 7) is 2.60. The maximum absolute atomic E-state index is 13.8. The standard InChI is InChI=1S/C32H24ClNO4/c1-20-11-16-27-25(17-20)30(35)28-29(22-12-14-24(15-13-22)37-19-21-7-3-2-4-8-21)34(32(36)31(28)38-27)18-23-9-5-6-10-26(23)33/h2-17,29H,18-19H2,1H3. The number of hydrogen-bond donors (Lipinski definition) is 0. The van der Waals surface area contributed by atoms with Crippen LogP contribution >= 0.6 is 11.6 Å². The second-order valence-electron chi connectivity index (χ2n) is 9.44. The predicted molar refractivity (Wildman–Crippen MR) is 148 cm³/mol. The van der Waals surface area contributed by atoms with E-state index >= 15 is 0 Å². The molecule has 1 aliphatic rings. The number of hydrogen-bond acceptors (Lipinski definition) is 4. The zero-order chi connectivity index (χ0) is 26.2. The molecule has 0 radical (unpaired) electrons. The van der Waals surface area contributed by atoms with E-state index in [2.05, 4.69) is 0 Å². The molecular formula is C32H24ClNO4. The molecule has 6 rings (SSSR count). The van der Waals surface area contributed by atoms with Gasteiger partial charge in [0.2, 0.25) is 5.76 Å². The molecular weight excluding hydrogens is 498 g/mol. The molecule has 188 valence electrons. The van der Waals surface area contributed by atoms with Crippen molar-refractivity contribution in [3.05, 3.63) is 146 Å². The van der Waals surface area contributed by atoms with Crippen LogP contribution in [0.25, 0.3) is 11.0 Å². The van der Waals surface area contributed by atoms with Gasteiger partial charge in [-0.25, -0.2) is 0 Å². The molecule has 1 amide bonds. The molecule has 0 saturated carbocycles. The lowest BCUT2D eigenvalue weighted by atomic mass is 9.98. The van der Waals surface area contributed by atoms with Crippen LogP contribution in [0.2, 0.25) is 5.02 Å². The van der Waals surface area contributed by atoms with E-state index < -0.39 is 6.04 Å². The van der Waals surface area contributed by atoms with Crippen LogP contribution in [0.4, 0.5) is 0 Å². The van der Waals surface area contributed by atoms with Crippen LogP contribution in [0, 0.1) is 6.92 Å². The number of amides is 1. The first kappa shape index (κ1) is 24.0. The summed E-state index contributed by atoms with van der Waals surface area (Å²) in [5.74, 6) is 0.433. The van der Waals surface area contributed by atoms with Gasteiger partial charge < -0.3 is 14.1 Å². The number of carbonyl (C=O) groups excluding carboxylic acids is 1. The fourth-order valence-corrected chi connectivity index (χ4v) is 5.14. The summed E-state index contributed by atoms with van der Waals surface area (Å²) in [6, 6.07) is 29.6. The minimum Gasteiger partial charge on any atom is -0.489 e. The molecule has 5 aromatic rings. The Morgan fingerprint density at radius 2 is 1.63 bits per heavy atom. The van der Waals surface area contributed by atoms with Gasteiger partial charge in [-0.1, -0.05) is 83.9 Å². The Kier molecular flexibility index (Phi) is 6.22. The highest BCUT2D eigenvalue weighted by Gasteiger charge is 2.42. The van der Waals surface area contributed by atoms with Crippen molar-refractivity contribution in [1.82, 2.24) is 4.90 Å². The third kappa shape index (κ3) is 4.35. The summed E-state index contributed by atoms with van der Waals surface area (Å²) in [5.41, 5.74) is 4.13. The Labute approximate surface area is 224 Å². The minimum absolute atomic E-state index is 0.0767. The molecule has 1 atom stereocenters. The van der Waals surface area contributed by atoms with E-state index in [0.717, 1.165) is 22.3 Å². The lowest BCUT2D eigenvalue weighted by Gasteiger charge is -2.25. The first-order valence-corrected chi connectivity index (χ1v) is 12.8. The van der Waals surface area contributed by atoms with Crippen LogP contribution in [0.1, 0.15) is 44.4 Å². The number of halogens is 1. The molecule has 5 nitrogen and oxygen atoms in total. The van der Waals surface area contributed by atoms with Gasteiger partial charge in [0, 0.05) is 11.6 Å². The third-order valence-electron chi connectivity index (χ3n) is 6.86. The normalized spacial score (nSPS) is 14.6. The van der Waals surface area contributed by atoms with Crippen LogP contribution in [-0.4, -0.2) is 10.8 Å². The lowest BCUT2D eigenvalue weighted by molar-refractivity contribution is 0.0714. The minimum atomic E-state index is -0.627. The number of aryl methyl sites for hydroxylation is 1. The van der Waals surface area contributed by atoms with Gasteiger partial charge in [-0.15, -0.1) is 0 Å². The van der Waals surface area contributed by atoms with Crippen molar-refractivity contribution in [3.8, 4) is 5.75 Å². The van der Waals surface area contributed by atoms with Gasteiger partial charge in [-0.2, -0.15) is 0 Å². The topological polar surface area (TPSA) is 59.8 Å². The number of nitrogens with zero attached hydrogens (tertiary/aromatic N) is 1. The average Bonchev–Trinajstić information content (AvgIpc) is 3.21. The summed E-state index contributed by atoms with van der Waals surface area (Å²) in [4.78, 5) is 29.2. The van der Waals surface area contributed by atoms with Crippen LogP contribution in [0.5, 0.6) is 5.75 Å². The molecule has 0 fully saturated rings. The molecule has 1 unspecified atom stereocenters. The molecule has 2 heterocycles. The summed E-state index contributed by atoms with van der Waals surface area (Å²) in [6.07, 6.45) is 0. The average molecular weight is 522 g/mol. The second-order valence-corrected chi connectivity index (χ2v) is 9.85. The van der Waals surface area contributed by atoms with Gasteiger partial charge in [-0.3, -0.25) is 9.59 Å². The van der Waals surface area contributed by atoms with Gasteiger partial charge in [0.1, 0.15) is 17.9 Å². The van der Waals surface area contributed by atoms with Gasteiger partial charge in [0.05, 0.1) is 17.0 Å². The number of carbonyl (C=O) groups is 1. The second kappa shape index (κ2) is 9.84. The quantitative estimate of drug-likeness (QED) is 0.239. The van der Waals surface area contributed by atoms with Gasteiger partial charge in [0.25, 0.3) is 5.91 Å². The zero-order valence-electron chi connectivity index (χ0n) is 20.7. The highest BCUT2D eigenvalue weighted by Crippen LogP contribution is 2.40. The lowest BCUT2D eigenvalue weighted by Crippen LogP contribution is -2.29. The Morgan fingerprint density at radius 1 is 0.895 bits per heavy atom. The molecule has 38 heavy (non-hydrogen) atoms. The maximum atomic E-state index is 13.8. The molecule has 1 aliphatic heterocycles. The van der Waals surface area contributed by atoms with Crippen molar-refractivity contribution in [3.63, 3.8) is 0 Å². The first-order chi connectivity index (χ1) is 18.5. The SMILES string of the molecule is Cc1ccc2oc3c(c(=O)c2c1)C(c1ccc(OCc2ccccc2)cc1)N(Cc1ccccc1Cl)C3=O. The van der Waals surface area contributed by atoms with Crippen molar-refractivity contribution >= 4 is 28.5 Å². The van der Waals surface area contributed by atoms with E-state index in [-0.39, 0.29) is 23.6 Å². The molecule has 0 bridgehead atoms. The first-order valence-electron chi connectivity index (χ1n) is 12.4. The van der Waals surface area contributed by atoms with Crippen molar-refractivity contribution in [2.75, 3.05) is 0 Å². The van der Waals surface area contributed by atoms with E-state index in [0.29, 0.717) is 33.9 Å². The summed E-state index contributed by atoms with van der Waals surface area (Å²) in [5, 5.41) is 1.02. The molecule has 0 N–H and O–H groups in total. The summed E-state index contributed by atoms with van der Waals surface area (Å²) < 4.78 is 12.0. The largest absolute Gasteiger partial charge is 0.489 e. The fourth-order valence-electron chi connectivity index (χ4n) is 4.94. The van der Waals surface area contributed by atoms with Crippen LogP contribution in [-0.2, 0) is 13.2 Å². The third-order valence-corrected chi connectivity index (χ3v) is 7.23. The smallest absolute Gasteiger partial charge is 0.291 e. The fraction of sp³-hybridized carbons (Fsp3) is 0.125. The molecule has 4 aromatic carbocycles. The highest BCUT2D eigenvalue weighted by molar-refractivity contribution is 6.31. The van der Waals surface area contributed by atoms with Crippen molar-refractivity contribution in [2.24, 2.45) is 0 Å². The van der Waals surface area contributed by atoms with Gasteiger partial charge >= 0.3 is 0 Å². The summed E-state index contributed by atoms with van der Waals surface area (Å²) in [7, 11) is 0. The molecule has 0 saturated heterocycles. The van der Waals surface area contributed by atoms with Crippen LogP contribution in [0.3, 0.4) is 0 Å². The molecule has 1 aromatic heterocycles. The molecule has 6 heteroatoms. The maximum Gasteiger partial charge on any atom is 0.291 e. The van der Waals surface area contributed by atoms with Gasteiger partial charge in [0.15, 0.2) is 5.43 Å². The van der Waals surface area contributed by atoms with Crippen molar-refractivity contribution in [1.29, 1.82) is 0 Å². The molecule has 0 spiro atoms. The van der Waals surface area contributed by atoms with E-state index in [1.807, 2.05) is 85.8 Å².